The van der Waals surface area contributed by atoms with Gasteiger partial charge in [-0.3, -0.25) is 9.59 Å². The van der Waals surface area contributed by atoms with Crippen LogP contribution >= 0.6 is 0 Å². The Hall–Kier alpha value is -1.84. The van der Waals surface area contributed by atoms with E-state index in [1.807, 2.05) is 127 Å². The zero-order valence-corrected chi connectivity index (χ0v) is 29.2. The van der Waals surface area contributed by atoms with E-state index in [4.69, 9.17) is 9.47 Å². The van der Waals surface area contributed by atoms with Crippen LogP contribution < -0.4 is 0 Å². The molecule has 0 aliphatic rings. The highest BCUT2D eigenvalue weighted by Crippen LogP contribution is 2.27. The highest BCUT2D eigenvalue weighted by atomic mass is 16.5. The van der Waals surface area contributed by atoms with Gasteiger partial charge in [-0.15, -0.1) is 0 Å². The van der Waals surface area contributed by atoms with Gasteiger partial charge in [-0.05, 0) is 65.4 Å². The molecule has 4 heteroatoms. The smallest absolute Gasteiger partial charge is 0.316 e. The lowest BCUT2D eigenvalue weighted by Crippen LogP contribution is -2.34. The lowest BCUT2D eigenvalue weighted by atomic mass is 9.85. The van der Waals surface area contributed by atoms with E-state index in [1.165, 1.54) is 12.8 Å². The summed E-state index contributed by atoms with van der Waals surface area (Å²) in [6.45, 7) is 34.1. The van der Waals surface area contributed by atoms with Crippen LogP contribution in [0.2, 0.25) is 0 Å². The molecule has 232 valence electrons. The molecule has 0 aliphatic carbocycles. The molecule has 0 spiro atoms. The summed E-state index contributed by atoms with van der Waals surface area (Å²) in [6.07, 6.45) is 4.37. The van der Waals surface area contributed by atoms with E-state index in [0.717, 1.165) is 18.4 Å². The Morgan fingerprint density at radius 2 is 1.05 bits per heavy atom. The third-order valence-corrected chi connectivity index (χ3v) is 6.43. The predicted molar refractivity (Wildman–Crippen MR) is 172 cm³/mol. The fourth-order valence-corrected chi connectivity index (χ4v) is 2.81. The molecule has 0 saturated heterocycles. The normalized spacial score (nSPS) is 12.1. The summed E-state index contributed by atoms with van der Waals surface area (Å²) in [7, 11) is 0. The highest BCUT2D eigenvalue weighted by molar-refractivity contribution is 5.82. The van der Waals surface area contributed by atoms with Crippen LogP contribution in [0.15, 0.2) is 30.3 Å². The van der Waals surface area contributed by atoms with Gasteiger partial charge in [-0.1, -0.05) is 126 Å². The molecule has 1 rings (SSSR count). The molecule has 4 nitrogen and oxygen atoms in total. The number of carbonyl (C=O) groups is 2. The first-order valence-electron chi connectivity index (χ1n) is 15.6. The van der Waals surface area contributed by atoms with Crippen LogP contribution in [0, 0.1) is 17.3 Å². The maximum Gasteiger partial charge on any atom is 0.316 e. The monoisotopic (exact) mass is 553 g/mol. The molecule has 0 amide bonds. The molecule has 2 unspecified atom stereocenters. The summed E-state index contributed by atoms with van der Waals surface area (Å²) >= 11 is 0. The third kappa shape index (κ3) is 19.8. The first-order chi connectivity index (χ1) is 18.2. The molecule has 0 fully saturated rings. The fourth-order valence-electron chi connectivity index (χ4n) is 2.81. The van der Waals surface area contributed by atoms with Crippen LogP contribution in [0.1, 0.15) is 149 Å². The van der Waals surface area contributed by atoms with E-state index < -0.39 is 5.41 Å². The van der Waals surface area contributed by atoms with E-state index in [1.54, 1.807) is 0 Å². The van der Waals surface area contributed by atoms with Crippen molar-refractivity contribution < 1.29 is 19.1 Å². The fraction of sp³-hybridized carbons (Fsp3) is 0.771. The van der Waals surface area contributed by atoms with Crippen molar-refractivity contribution in [2.24, 2.45) is 17.3 Å². The Kier molecular flexibility index (Phi) is 28.5. The number of unbranched alkanes of at least 4 members (excludes halogenated alkanes) is 2. The van der Waals surface area contributed by atoms with Crippen LogP contribution in [0.5, 0.6) is 0 Å². The van der Waals surface area contributed by atoms with Crippen LogP contribution in [-0.4, -0.2) is 24.1 Å². The summed E-state index contributed by atoms with van der Waals surface area (Å²) < 4.78 is 11.0. The molecule has 1 aromatic carbocycles. The van der Waals surface area contributed by atoms with Crippen molar-refractivity contribution in [3.63, 3.8) is 0 Å². The molecule has 0 bridgehead atoms. The van der Waals surface area contributed by atoms with Crippen molar-refractivity contribution in [3.05, 3.63) is 35.9 Å². The van der Waals surface area contributed by atoms with Crippen molar-refractivity contribution in [2.75, 3.05) is 0 Å². The van der Waals surface area contributed by atoms with Crippen LogP contribution in [-0.2, 0) is 24.5 Å². The summed E-state index contributed by atoms with van der Waals surface area (Å²) in [6, 6.07) is 9.75. The SMILES string of the molecule is CC.CC.CC.CC(C)C(C)OC(=O)C(C)(C)c1ccccc1.CCCCCC(C)(C)C(=O)OC(C)C(C)C. The van der Waals surface area contributed by atoms with Crippen molar-refractivity contribution in [3.8, 4) is 0 Å². The van der Waals surface area contributed by atoms with E-state index >= 15 is 0 Å². The second-order valence-electron chi connectivity index (χ2n) is 11.0. The molecule has 2 atom stereocenters. The molecule has 39 heavy (non-hydrogen) atoms. The Morgan fingerprint density at radius 1 is 0.667 bits per heavy atom. The number of benzene rings is 1. The van der Waals surface area contributed by atoms with Gasteiger partial charge in [0.1, 0.15) is 12.2 Å². The molecule has 1 aromatic rings. The summed E-state index contributed by atoms with van der Waals surface area (Å²) in [5.41, 5.74) is 0.0591. The second-order valence-corrected chi connectivity index (χ2v) is 11.0. The molecule has 0 N–H and O–H groups in total. The number of ether oxygens (including phenoxy) is 2. The van der Waals surface area contributed by atoms with E-state index in [0.29, 0.717) is 11.8 Å². The largest absolute Gasteiger partial charge is 0.462 e. The Labute approximate surface area is 245 Å². The average Bonchev–Trinajstić information content (AvgIpc) is 2.92. The maximum absolute atomic E-state index is 12.2. The topological polar surface area (TPSA) is 52.6 Å². The van der Waals surface area contributed by atoms with Gasteiger partial charge in [-0.25, -0.2) is 0 Å². The van der Waals surface area contributed by atoms with Gasteiger partial charge < -0.3 is 9.47 Å². The van der Waals surface area contributed by atoms with E-state index in [-0.39, 0.29) is 29.6 Å². The van der Waals surface area contributed by atoms with Crippen LogP contribution in [0.25, 0.3) is 0 Å². The molecular weight excluding hydrogens is 484 g/mol. The number of hydrogen-bond donors (Lipinski definition) is 0. The van der Waals surface area contributed by atoms with Gasteiger partial charge >= 0.3 is 11.9 Å². The molecular formula is C35H68O4. The molecule has 0 heterocycles. The van der Waals surface area contributed by atoms with Crippen molar-refractivity contribution >= 4 is 11.9 Å². The Balaban J connectivity index is -0.000000264. The first kappa shape index (κ1) is 44.2. The van der Waals surface area contributed by atoms with Gasteiger partial charge in [0.25, 0.3) is 0 Å². The van der Waals surface area contributed by atoms with Crippen LogP contribution in [0.4, 0.5) is 0 Å². The Bertz CT molecular complexity index is 690. The standard InChI is InChI=1S/C15H22O2.C14H28O2.3C2H6/c1-11(2)12(3)17-14(16)15(4,5)13-9-7-6-8-10-13;1-7-8-9-10-14(5,6)13(15)16-12(4)11(2)3;3*1-2/h6-12H,1-5H3;11-12H,7-10H2,1-6H3;3*1-2H3. The van der Waals surface area contributed by atoms with Crippen molar-refractivity contribution in [1.29, 1.82) is 0 Å². The minimum absolute atomic E-state index is 0.0120. The number of rotatable bonds is 11. The third-order valence-electron chi connectivity index (χ3n) is 6.43. The molecule has 0 aromatic heterocycles. The number of hydrogen-bond acceptors (Lipinski definition) is 4. The minimum atomic E-state index is -0.593. The lowest BCUT2D eigenvalue weighted by molar-refractivity contribution is -0.161. The summed E-state index contributed by atoms with van der Waals surface area (Å²) in [4.78, 5) is 24.1. The van der Waals surface area contributed by atoms with Gasteiger partial charge in [0.05, 0.1) is 10.8 Å². The lowest BCUT2D eigenvalue weighted by Gasteiger charge is -2.26. The van der Waals surface area contributed by atoms with E-state index in [2.05, 4.69) is 20.8 Å². The number of carbonyl (C=O) groups excluding carboxylic acids is 2. The van der Waals surface area contributed by atoms with Crippen molar-refractivity contribution in [2.45, 2.75) is 161 Å². The minimum Gasteiger partial charge on any atom is -0.462 e. The summed E-state index contributed by atoms with van der Waals surface area (Å²) in [5, 5.41) is 0. The average molecular weight is 553 g/mol. The van der Waals surface area contributed by atoms with Crippen molar-refractivity contribution in [1.82, 2.24) is 0 Å². The van der Waals surface area contributed by atoms with Gasteiger partial charge in [0, 0.05) is 0 Å². The zero-order chi connectivity index (χ0) is 31.8. The van der Waals surface area contributed by atoms with Crippen LogP contribution in [0.3, 0.4) is 0 Å². The molecule has 0 radical (unpaired) electrons. The van der Waals surface area contributed by atoms with Gasteiger partial charge in [-0.2, -0.15) is 0 Å². The maximum atomic E-state index is 12.2. The highest BCUT2D eigenvalue weighted by Gasteiger charge is 2.33. The van der Waals surface area contributed by atoms with Gasteiger partial charge in [0.2, 0.25) is 0 Å². The predicted octanol–water partition coefficient (Wildman–Crippen LogP) is 10.8. The Morgan fingerprint density at radius 3 is 1.41 bits per heavy atom. The zero-order valence-electron chi connectivity index (χ0n) is 29.2. The molecule has 0 aliphatic heterocycles. The molecule has 0 saturated carbocycles. The number of esters is 2. The van der Waals surface area contributed by atoms with E-state index in [9.17, 15) is 9.59 Å². The quantitative estimate of drug-likeness (QED) is 0.202. The van der Waals surface area contributed by atoms with Gasteiger partial charge in [0.15, 0.2) is 0 Å². The summed E-state index contributed by atoms with van der Waals surface area (Å²) in [5.74, 6) is 0.510. The first-order valence-corrected chi connectivity index (χ1v) is 15.6. The second kappa shape index (κ2) is 25.1.